The maximum Gasteiger partial charge on any atom is 0.0934 e. The molecule has 1 aliphatic rings. The van der Waals surface area contributed by atoms with Gasteiger partial charge in [-0.05, 0) is 55.1 Å². The van der Waals surface area contributed by atoms with E-state index in [2.05, 4.69) is 32.2 Å². The van der Waals surface area contributed by atoms with Crippen molar-refractivity contribution in [2.75, 3.05) is 6.54 Å². The van der Waals surface area contributed by atoms with E-state index >= 15 is 0 Å². The van der Waals surface area contributed by atoms with Gasteiger partial charge in [0.05, 0.1) is 12.5 Å². The Balaban J connectivity index is 1.94. The molecule has 0 unspecified atom stereocenters. The van der Waals surface area contributed by atoms with Crippen LogP contribution in [-0.4, -0.2) is 12.6 Å². The van der Waals surface area contributed by atoms with Crippen LogP contribution in [0.5, 0.6) is 0 Å². The molecule has 1 N–H and O–H groups in total. The lowest BCUT2D eigenvalue weighted by Gasteiger charge is -2.41. The number of unbranched alkanes of at least 4 members (excludes halogenated alkanes) is 1. The molecular weight excluding hydrogens is 258 g/mol. The Kier molecular flexibility index (Phi) is 6.35. The van der Waals surface area contributed by atoms with E-state index in [4.69, 9.17) is 4.42 Å². The molecular formula is C19H33NO. The third-order valence-corrected chi connectivity index (χ3v) is 5.18. The van der Waals surface area contributed by atoms with Crippen molar-refractivity contribution in [1.82, 2.24) is 5.32 Å². The van der Waals surface area contributed by atoms with E-state index in [1.54, 1.807) is 0 Å². The van der Waals surface area contributed by atoms with Gasteiger partial charge >= 0.3 is 0 Å². The van der Waals surface area contributed by atoms with E-state index in [-0.39, 0.29) is 0 Å². The zero-order valence-corrected chi connectivity index (χ0v) is 14.2. The van der Waals surface area contributed by atoms with Crippen LogP contribution in [0.25, 0.3) is 0 Å². The van der Waals surface area contributed by atoms with Crippen molar-refractivity contribution in [3.8, 4) is 0 Å². The Morgan fingerprint density at radius 3 is 2.67 bits per heavy atom. The predicted molar refractivity (Wildman–Crippen MR) is 89.5 cm³/mol. The van der Waals surface area contributed by atoms with Crippen molar-refractivity contribution in [3.63, 3.8) is 0 Å². The highest BCUT2D eigenvalue weighted by atomic mass is 16.3. The minimum absolute atomic E-state index is 0.441. The van der Waals surface area contributed by atoms with Gasteiger partial charge in [0.1, 0.15) is 0 Å². The van der Waals surface area contributed by atoms with Gasteiger partial charge in [0.2, 0.25) is 0 Å². The molecule has 0 atom stereocenters. The molecule has 120 valence electrons. The maximum atomic E-state index is 5.28. The molecule has 1 aliphatic carbocycles. The molecule has 21 heavy (non-hydrogen) atoms. The van der Waals surface area contributed by atoms with Crippen LogP contribution in [0, 0.1) is 11.3 Å². The monoisotopic (exact) mass is 291 g/mol. The number of hydrogen-bond acceptors (Lipinski definition) is 2. The second-order valence-corrected chi connectivity index (χ2v) is 7.43. The molecule has 0 amide bonds. The van der Waals surface area contributed by atoms with E-state index < -0.39 is 0 Å². The third-order valence-electron chi connectivity index (χ3n) is 5.18. The highest BCUT2D eigenvalue weighted by molar-refractivity contribution is 5.10. The van der Waals surface area contributed by atoms with E-state index in [0.29, 0.717) is 11.5 Å². The standard InChI is InChI=1S/C19H33NO/c1-4-5-6-17-7-10-19(11-8-17,15-20-16(2)3)13-18-9-12-21-14-18/h9,12,14,16-17,20H,4-8,10-11,13,15H2,1-3H3. The Bertz CT molecular complexity index is 374. The Hall–Kier alpha value is -0.760. The highest BCUT2D eigenvalue weighted by Crippen LogP contribution is 2.42. The second kappa shape index (κ2) is 8.03. The molecule has 1 aromatic rings. The Labute approximate surface area is 130 Å². The predicted octanol–water partition coefficient (Wildman–Crippen LogP) is 5.19. The third kappa shape index (κ3) is 5.18. The maximum absolute atomic E-state index is 5.28. The van der Waals surface area contributed by atoms with E-state index in [0.717, 1.165) is 12.5 Å². The summed E-state index contributed by atoms with van der Waals surface area (Å²) >= 11 is 0. The molecule has 1 aromatic heterocycles. The summed E-state index contributed by atoms with van der Waals surface area (Å²) in [6.07, 6.45) is 14.7. The van der Waals surface area contributed by atoms with Gasteiger partial charge in [0.25, 0.3) is 0 Å². The zero-order chi connectivity index (χ0) is 15.1. The van der Waals surface area contributed by atoms with Gasteiger partial charge in [-0.1, -0.05) is 40.0 Å². The average Bonchev–Trinajstić information content (AvgIpc) is 2.97. The summed E-state index contributed by atoms with van der Waals surface area (Å²) < 4.78 is 5.28. The van der Waals surface area contributed by atoms with Crippen LogP contribution in [0.1, 0.15) is 71.3 Å². The van der Waals surface area contributed by atoms with Crippen LogP contribution < -0.4 is 5.32 Å². The van der Waals surface area contributed by atoms with Gasteiger partial charge < -0.3 is 9.73 Å². The van der Waals surface area contributed by atoms with Crippen LogP contribution in [0.3, 0.4) is 0 Å². The fraction of sp³-hybridized carbons (Fsp3) is 0.789. The molecule has 1 fully saturated rings. The number of furan rings is 1. The molecule has 0 spiro atoms. The van der Waals surface area contributed by atoms with Gasteiger partial charge in [-0.25, -0.2) is 0 Å². The van der Waals surface area contributed by atoms with Crippen LogP contribution in [-0.2, 0) is 6.42 Å². The molecule has 2 heteroatoms. The molecule has 1 heterocycles. The largest absolute Gasteiger partial charge is 0.472 e. The number of nitrogens with one attached hydrogen (secondary N) is 1. The fourth-order valence-electron chi connectivity index (χ4n) is 3.73. The molecule has 0 radical (unpaired) electrons. The molecule has 0 saturated heterocycles. The van der Waals surface area contributed by atoms with E-state index in [9.17, 15) is 0 Å². The quantitative estimate of drug-likeness (QED) is 0.713. The van der Waals surface area contributed by atoms with Crippen LogP contribution in [0.2, 0.25) is 0 Å². The van der Waals surface area contributed by atoms with Crippen LogP contribution in [0.4, 0.5) is 0 Å². The number of rotatable bonds is 8. The average molecular weight is 291 g/mol. The lowest BCUT2D eigenvalue weighted by molar-refractivity contribution is 0.135. The van der Waals surface area contributed by atoms with Gasteiger partial charge in [0, 0.05) is 12.6 Å². The summed E-state index contributed by atoms with van der Waals surface area (Å²) in [5.74, 6) is 0.974. The summed E-state index contributed by atoms with van der Waals surface area (Å²) in [5, 5.41) is 3.70. The minimum Gasteiger partial charge on any atom is -0.472 e. The van der Waals surface area contributed by atoms with Crippen LogP contribution in [0.15, 0.2) is 23.0 Å². The summed E-state index contributed by atoms with van der Waals surface area (Å²) in [5.41, 5.74) is 1.81. The first-order valence-corrected chi connectivity index (χ1v) is 8.88. The van der Waals surface area contributed by atoms with Crippen molar-refractivity contribution < 1.29 is 4.42 Å². The number of hydrogen-bond donors (Lipinski definition) is 1. The zero-order valence-electron chi connectivity index (χ0n) is 14.2. The normalized spacial score (nSPS) is 26.4. The molecule has 2 nitrogen and oxygen atoms in total. The first-order valence-electron chi connectivity index (χ1n) is 8.88. The van der Waals surface area contributed by atoms with Gasteiger partial charge in [0.15, 0.2) is 0 Å². The molecule has 1 saturated carbocycles. The Morgan fingerprint density at radius 1 is 1.33 bits per heavy atom. The van der Waals surface area contributed by atoms with Crippen molar-refractivity contribution in [3.05, 3.63) is 24.2 Å². The second-order valence-electron chi connectivity index (χ2n) is 7.43. The molecule has 0 aromatic carbocycles. The molecule has 0 aliphatic heterocycles. The highest BCUT2D eigenvalue weighted by Gasteiger charge is 2.35. The minimum atomic E-state index is 0.441. The summed E-state index contributed by atoms with van der Waals surface area (Å²) in [7, 11) is 0. The lowest BCUT2D eigenvalue weighted by atomic mass is 9.66. The summed E-state index contributed by atoms with van der Waals surface area (Å²) in [6, 6.07) is 2.71. The molecule has 2 rings (SSSR count). The summed E-state index contributed by atoms with van der Waals surface area (Å²) in [6.45, 7) is 7.95. The van der Waals surface area contributed by atoms with E-state index in [1.165, 1.54) is 56.9 Å². The smallest absolute Gasteiger partial charge is 0.0934 e. The molecule has 0 bridgehead atoms. The van der Waals surface area contributed by atoms with Gasteiger partial charge in [-0.3, -0.25) is 0 Å². The Morgan fingerprint density at radius 2 is 2.10 bits per heavy atom. The fourth-order valence-corrected chi connectivity index (χ4v) is 3.73. The van der Waals surface area contributed by atoms with Crippen molar-refractivity contribution in [2.24, 2.45) is 11.3 Å². The SMILES string of the molecule is CCCCC1CCC(CNC(C)C)(Cc2ccoc2)CC1. The van der Waals surface area contributed by atoms with Gasteiger partial charge in [-0.15, -0.1) is 0 Å². The van der Waals surface area contributed by atoms with Crippen molar-refractivity contribution >= 4 is 0 Å². The first-order chi connectivity index (χ1) is 10.1. The van der Waals surface area contributed by atoms with Crippen molar-refractivity contribution in [1.29, 1.82) is 0 Å². The summed E-state index contributed by atoms with van der Waals surface area (Å²) in [4.78, 5) is 0. The topological polar surface area (TPSA) is 25.2 Å². The van der Waals surface area contributed by atoms with E-state index in [1.807, 2.05) is 12.5 Å². The van der Waals surface area contributed by atoms with Crippen molar-refractivity contribution in [2.45, 2.75) is 78.2 Å². The first kappa shape index (κ1) is 16.6. The van der Waals surface area contributed by atoms with Crippen LogP contribution >= 0.6 is 0 Å². The van der Waals surface area contributed by atoms with Gasteiger partial charge in [-0.2, -0.15) is 0 Å². The lowest BCUT2D eigenvalue weighted by Crippen LogP contribution is -2.41.